The van der Waals surface area contributed by atoms with Crippen LogP contribution in [0.1, 0.15) is 52.1 Å². The molecule has 3 atom stereocenters. The van der Waals surface area contributed by atoms with E-state index in [1.54, 1.807) is 6.33 Å². The van der Waals surface area contributed by atoms with Gasteiger partial charge in [0.05, 0.1) is 32.0 Å². The highest BCUT2D eigenvalue weighted by molar-refractivity contribution is 9.10. The van der Waals surface area contributed by atoms with Crippen molar-refractivity contribution >= 4 is 38.5 Å². The molecule has 1 aliphatic carbocycles. The monoisotopic (exact) mass is 498 g/mol. The third kappa shape index (κ3) is 4.03. The van der Waals surface area contributed by atoms with Gasteiger partial charge in [0, 0.05) is 19.6 Å². The van der Waals surface area contributed by atoms with Crippen molar-refractivity contribution in [3.63, 3.8) is 0 Å². The Morgan fingerprint density at radius 2 is 2.07 bits per heavy atom. The normalized spacial score (nSPS) is 25.3. The minimum absolute atomic E-state index is 0.0850. The zero-order valence-corrected chi connectivity index (χ0v) is 20.5. The van der Waals surface area contributed by atoms with E-state index in [2.05, 4.69) is 35.7 Å². The highest BCUT2D eigenvalue weighted by Gasteiger charge is 2.48. The Bertz CT molecular complexity index is 951. The van der Waals surface area contributed by atoms with Gasteiger partial charge in [0.2, 0.25) is 5.95 Å². The van der Waals surface area contributed by atoms with E-state index in [1.807, 2.05) is 32.1 Å². The summed E-state index contributed by atoms with van der Waals surface area (Å²) in [4.78, 5) is 7.09. The number of hydrogen-bond donors (Lipinski definition) is 2. The minimum Gasteiger partial charge on any atom is -0.393 e. The Labute approximate surface area is 188 Å². The van der Waals surface area contributed by atoms with Gasteiger partial charge in [-0.1, -0.05) is 0 Å². The number of aliphatic hydroxyl groups is 1. The first-order valence-corrected chi connectivity index (χ1v) is 12.5. The molecule has 1 spiro atoms. The van der Waals surface area contributed by atoms with Crippen molar-refractivity contribution < 1.29 is 9.32 Å². The molecular weight excluding hydrogens is 468 g/mol. The molecule has 0 bridgehead atoms. The van der Waals surface area contributed by atoms with Gasteiger partial charge in [-0.05, 0) is 80.6 Å². The molecule has 2 aliphatic rings. The molecule has 4 rings (SSSR count). The topological polar surface area (TPSA) is 95.7 Å². The number of rotatable bonds is 4. The van der Waals surface area contributed by atoms with Crippen LogP contribution in [0, 0.1) is 18.3 Å². The largest absolute Gasteiger partial charge is 0.393 e. The average molecular weight is 499 g/mol. The average Bonchev–Trinajstić information content (AvgIpc) is 3.28. The van der Waals surface area contributed by atoms with Crippen LogP contribution in [0.2, 0.25) is 0 Å². The first-order valence-electron chi connectivity index (χ1n) is 10.5. The maximum atomic E-state index is 12.5. The lowest BCUT2D eigenvalue weighted by Gasteiger charge is -2.43. The van der Waals surface area contributed by atoms with Crippen LogP contribution in [0.4, 0.5) is 5.95 Å². The maximum Gasteiger partial charge on any atom is 0.212 e. The zero-order valence-electron chi connectivity index (χ0n) is 18.1. The second-order valence-electron chi connectivity index (χ2n) is 9.71. The van der Waals surface area contributed by atoms with E-state index in [1.165, 1.54) is 0 Å². The third-order valence-corrected chi connectivity index (χ3v) is 9.14. The lowest BCUT2D eigenvalue weighted by Crippen LogP contribution is -2.46. The number of fused-ring (bicyclic) bond motifs is 1. The predicted molar refractivity (Wildman–Crippen MR) is 122 cm³/mol. The summed E-state index contributed by atoms with van der Waals surface area (Å²) in [5.74, 6) is 1.20. The second-order valence-corrected chi connectivity index (χ2v) is 12.5. The van der Waals surface area contributed by atoms with Crippen molar-refractivity contribution in [2.24, 2.45) is 11.3 Å². The lowest BCUT2D eigenvalue weighted by atomic mass is 9.70. The summed E-state index contributed by atoms with van der Waals surface area (Å²) >= 11 is 3.56. The van der Waals surface area contributed by atoms with Crippen molar-refractivity contribution in [2.75, 3.05) is 24.5 Å². The predicted octanol–water partition coefficient (Wildman–Crippen LogP) is 2.60. The third-order valence-electron chi connectivity index (χ3n) is 6.67. The summed E-state index contributed by atoms with van der Waals surface area (Å²) in [7, 11) is -1.09. The molecule has 2 aromatic heterocycles. The summed E-state index contributed by atoms with van der Waals surface area (Å²) in [6.07, 6.45) is 5.01. The molecule has 0 amide bonds. The van der Waals surface area contributed by atoms with Crippen LogP contribution in [0.5, 0.6) is 0 Å². The first kappa shape index (κ1) is 22.1. The molecule has 2 aromatic rings. The Morgan fingerprint density at radius 1 is 1.37 bits per heavy atom. The number of piperidine rings is 1. The number of hydrogen-bond acceptors (Lipinski definition) is 6. The molecule has 10 heteroatoms. The van der Waals surface area contributed by atoms with Crippen LogP contribution in [0.15, 0.2) is 10.8 Å². The van der Waals surface area contributed by atoms with Crippen LogP contribution < -0.4 is 9.62 Å². The number of aromatic nitrogens is 4. The van der Waals surface area contributed by atoms with Crippen LogP contribution in [0.25, 0.3) is 5.65 Å². The van der Waals surface area contributed by atoms with Gasteiger partial charge >= 0.3 is 0 Å². The van der Waals surface area contributed by atoms with Crippen molar-refractivity contribution in [3.8, 4) is 0 Å². The van der Waals surface area contributed by atoms with Gasteiger partial charge in [-0.25, -0.2) is 18.3 Å². The number of halogens is 1. The number of anilines is 1. The van der Waals surface area contributed by atoms with Crippen molar-refractivity contribution in [2.45, 2.75) is 64.2 Å². The summed E-state index contributed by atoms with van der Waals surface area (Å²) in [6, 6.07) is 0. The van der Waals surface area contributed by atoms with E-state index < -0.39 is 11.0 Å². The quantitative estimate of drug-likeness (QED) is 0.672. The van der Waals surface area contributed by atoms with E-state index in [0.29, 0.717) is 12.5 Å². The number of nitrogens with one attached hydrogen (secondary N) is 1. The van der Waals surface area contributed by atoms with Crippen molar-refractivity contribution in [1.82, 2.24) is 24.3 Å². The van der Waals surface area contributed by atoms with E-state index in [-0.39, 0.29) is 16.3 Å². The molecule has 1 saturated carbocycles. The SMILES string of the molecule is Cc1nc(N2CCC3(CC2)C[C@@H](O)CC3CN[S@](=O)C(C)(C)C)n2cnnc2c1Br. The van der Waals surface area contributed by atoms with Gasteiger partial charge in [0.25, 0.3) is 0 Å². The van der Waals surface area contributed by atoms with Crippen molar-refractivity contribution in [3.05, 3.63) is 16.5 Å². The summed E-state index contributed by atoms with van der Waals surface area (Å²) in [5.41, 5.74) is 1.76. The van der Waals surface area contributed by atoms with E-state index in [4.69, 9.17) is 4.98 Å². The molecule has 166 valence electrons. The van der Waals surface area contributed by atoms with Gasteiger partial charge in [-0.2, -0.15) is 0 Å². The van der Waals surface area contributed by atoms with Gasteiger partial charge in [-0.15, -0.1) is 10.2 Å². The maximum absolute atomic E-state index is 12.5. The molecule has 0 aromatic carbocycles. The standard InChI is InChI=1S/C20H31BrN6O2S/c1-13-16(21)17-25-22-12-27(17)18(24-13)26-7-5-20(6-8-26)10-15(28)9-14(20)11-23-30(29)19(2,3)4/h12,14-15,23,28H,5-11H2,1-4H3/t14?,15-,30+/m0/s1. The van der Waals surface area contributed by atoms with Crippen LogP contribution in [-0.2, 0) is 11.0 Å². The number of aryl methyl sites for hydroxylation is 1. The van der Waals surface area contributed by atoms with Crippen LogP contribution in [-0.4, -0.2) is 59.4 Å². The molecule has 1 aliphatic heterocycles. The van der Waals surface area contributed by atoms with Gasteiger partial charge in [-0.3, -0.25) is 0 Å². The minimum atomic E-state index is -1.09. The molecule has 1 unspecified atom stereocenters. The van der Waals surface area contributed by atoms with E-state index in [9.17, 15) is 9.32 Å². The van der Waals surface area contributed by atoms with Gasteiger partial charge in [0.1, 0.15) is 6.33 Å². The summed E-state index contributed by atoms with van der Waals surface area (Å²) < 4.78 is 18.2. The highest BCUT2D eigenvalue weighted by Crippen LogP contribution is 2.50. The van der Waals surface area contributed by atoms with E-state index in [0.717, 1.165) is 60.5 Å². The lowest BCUT2D eigenvalue weighted by molar-refractivity contribution is 0.128. The number of nitrogens with zero attached hydrogens (tertiary/aromatic N) is 5. The number of aliphatic hydroxyl groups excluding tert-OH is 1. The summed E-state index contributed by atoms with van der Waals surface area (Å²) in [5, 5.41) is 18.7. The summed E-state index contributed by atoms with van der Waals surface area (Å²) in [6.45, 7) is 10.3. The molecular formula is C20H31BrN6O2S. The first-order chi connectivity index (χ1) is 14.1. The highest BCUT2D eigenvalue weighted by atomic mass is 79.9. The van der Waals surface area contributed by atoms with E-state index >= 15 is 0 Å². The molecule has 2 N–H and O–H groups in total. The fourth-order valence-electron chi connectivity index (χ4n) is 4.92. The van der Waals surface area contributed by atoms with Gasteiger partial charge in [0.15, 0.2) is 5.65 Å². The van der Waals surface area contributed by atoms with Crippen LogP contribution in [0.3, 0.4) is 0 Å². The smallest absolute Gasteiger partial charge is 0.212 e. The van der Waals surface area contributed by atoms with Gasteiger partial charge < -0.3 is 10.0 Å². The molecule has 8 nitrogen and oxygen atoms in total. The fourth-order valence-corrected chi connectivity index (χ4v) is 6.07. The van der Waals surface area contributed by atoms with Crippen LogP contribution >= 0.6 is 15.9 Å². The fraction of sp³-hybridized carbons (Fsp3) is 0.750. The Balaban J connectivity index is 1.49. The molecule has 30 heavy (non-hydrogen) atoms. The Hall–Kier alpha value is -1.10. The molecule has 3 heterocycles. The zero-order chi connectivity index (χ0) is 21.7. The van der Waals surface area contributed by atoms with Crippen molar-refractivity contribution in [1.29, 1.82) is 0 Å². The second kappa shape index (κ2) is 8.11. The molecule has 1 saturated heterocycles. The Morgan fingerprint density at radius 3 is 2.73 bits per heavy atom. The Kier molecular flexibility index (Phi) is 5.97. The molecule has 0 radical (unpaired) electrons. The molecule has 2 fully saturated rings.